The van der Waals surface area contributed by atoms with Gasteiger partial charge in [0.2, 0.25) is 0 Å². The smallest absolute Gasteiger partial charge is 0.124 e. The normalized spacial score (nSPS) is 16.2. The number of benzene rings is 1. The molecular weight excluding hydrogens is 238 g/mol. The number of nitrogens with one attached hydrogen (secondary N) is 1. The van der Waals surface area contributed by atoms with Gasteiger partial charge in [-0.15, -0.1) is 0 Å². The molecule has 1 unspecified atom stereocenters. The number of ether oxygens (including phenoxy) is 1. The van der Waals surface area contributed by atoms with Crippen LogP contribution < -0.4 is 10.1 Å². The van der Waals surface area contributed by atoms with Gasteiger partial charge in [0.15, 0.2) is 0 Å². The van der Waals surface area contributed by atoms with Gasteiger partial charge in [0.05, 0.1) is 7.11 Å². The Morgan fingerprint density at radius 1 is 1.42 bits per heavy atom. The van der Waals surface area contributed by atoms with Crippen LogP contribution in [-0.2, 0) is 0 Å². The minimum absolute atomic E-state index is 0.146. The molecule has 1 aliphatic carbocycles. The largest absolute Gasteiger partial charge is 0.507 e. The molecule has 0 spiro atoms. The molecule has 1 atom stereocenters. The van der Waals surface area contributed by atoms with Crippen LogP contribution in [0.2, 0.25) is 0 Å². The van der Waals surface area contributed by atoms with Gasteiger partial charge >= 0.3 is 0 Å². The molecular formula is C16H23NO2. The fourth-order valence-corrected chi connectivity index (χ4v) is 2.54. The van der Waals surface area contributed by atoms with E-state index >= 15 is 0 Å². The molecule has 0 saturated carbocycles. The van der Waals surface area contributed by atoms with Crippen molar-refractivity contribution >= 4 is 0 Å². The van der Waals surface area contributed by atoms with Gasteiger partial charge < -0.3 is 15.2 Å². The zero-order valence-electron chi connectivity index (χ0n) is 11.8. The van der Waals surface area contributed by atoms with Crippen molar-refractivity contribution in [2.75, 3.05) is 13.7 Å². The molecule has 0 heterocycles. The first kappa shape index (κ1) is 13.9. The van der Waals surface area contributed by atoms with Crippen LogP contribution in [0.4, 0.5) is 0 Å². The first-order chi connectivity index (χ1) is 9.20. The Morgan fingerprint density at radius 2 is 2.26 bits per heavy atom. The van der Waals surface area contributed by atoms with Crippen molar-refractivity contribution in [3.63, 3.8) is 0 Å². The summed E-state index contributed by atoms with van der Waals surface area (Å²) in [5.74, 6) is 0.976. The van der Waals surface area contributed by atoms with Gasteiger partial charge in [-0.05, 0) is 45.2 Å². The Bertz CT molecular complexity index is 454. The van der Waals surface area contributed by atoms with Gasteiger partial charge in [0.1, 0.15) is 11.5 Å². The minimum atomic E-state index is 0.146. The molecule has 0 bridgehead atoms. The summed E-state index contributed by atoms with van der Waals surface area (Å²) in [6.07, 6.45) is 7.27. The number of methoxy groups -OCH3 is 1. The highest BCUT2D eigenvalue weighted by molar-refractivity contribution is 5.41. The van der Waals surface area contributed by atoms with E-state index in [4.69, 9.17) is 4.74 Å². The van der Waals surface area contributed by atoms with E-state index in [0.717, 1.165) is 18.5 Å². The number of aromatic hydroxyl groups is 1. The maximum Gasteiger partial charge on any atom is 0.124 e. The molecule has 3 nitrogen and oxygen atoms in total. The van der Waals surface area contributed by atoms with Crippen LogP contribution >= 0.6 is 0 Å². The van der Waals surface area contributed by atoms with E-state index < -0.39 is 0 Å². The fraction of sp³-hybridized carbons (Fsp3) is 0.500. The fourth-order valence-electron chi connectivity index (χ4n) is 2.54. The Hall–Kier alpha value is -1.48. The number of hydrogen-bond donors (Lipinski definition) is 2. The summed E-state index contributed by atoms with van der Waals surface area (Å²) < 4.78 is 5.09. The van der Waals surface area contributed by atoms with Gasteiger partial charge in [0.25, 0.3) is 0 Å². The van der Waals surface area contributed by atoms with E-state index in [1.165, 1.54) is 19.3 Å². The standard InChI is InChI=1S/C16H23NO2/c1-12(17-10-9-13-5-3-4-6-13)15-8-7-14(19-2)11-16(15)18/h5,7-8,11-12,17-18H,3-4,6,9-10H2,1-2H3. The van der Waals surface area contributed by atoms with Crippen molar-refractivity contribution in [3.05, 3.63) is 35.4 Å². The first-order valence-electron chi connectivity index (χ1n) is 6.99. The summed E-state index contributed by atoms with van der Waals surface area (Å²) in [6, 6.07) is 5.60. The van der Waals surface area contributed by atoms with Gasteiger partial charge in [-0.1, -0.05) is 17.7 Å². The Balaban J connectivity index is 1.86. The Kier molecular flexibility index (Phi) is 4.86. The summed E-state index contributed by atoms with van der Waals surface area (Å²) in [7, 11) is 1.60. The van der Waals surface area contributed by atoms with Crippen LogP contribution in [0.3, 0.4) is 0 Å². The second-order valence-electron chi connectivity index (χ2n) is 5.11. The zero-order valence-corrected chi connectivity index (χ0v) is 11.8. The van der Waals surface area contributed by atoms with E-state index in [0.29, 0.717) is 11.5 Å². The third-order valence-electron chi connectivity index (χ3n) is 3.74. The Morgan fingerprint density at radius 3 is 2.89 bits per heavy atom. The second-order valence-corrected chi connectivity index (χ2v) is 5.11. The molecule has 0 fully saturated rings. The number of phenols is 1. The minimum Gasteiger partial charge on any atom is -0.507 e. The number of phenolic OH excluding ortho intramolecular Hbond substituents is 1. The van der Waals surface area contributed by atoms with Gasteiger partial charge in [0, 0.05) is 17.7 Å². The molecule has 3 heteroatoms. The average molecular weight is 261 g/mol. The molecule has 1 aliphatic rings. The molecule has 0 aromatic heterocycles. The van der Waals surface area contributed by atoms with Crippen LogP contribution in [0, 0.1) is 0 Å². The van der Waals surface area contributed by atoms with E-state index in [1.807, 2.05) is 12.1 Å². The highest BCUT2D eigenvalue weighted by Crippen LogP contribution is 2.28. The molecule has 0 radical (unpaired) electrons. The molecule has 0 aliphatic heterocycles. The third kappa shape index (κ3) is 3.74. The maximum absolute atomic E-state index is 9.97. The van der Waals surface area contributed by atoms with Crippen molar-refractivity contribution < 1.29 is 9.84 Å². The quantitative estimate of drug-likeness (QED) is 0.769. The lowest BCUT2D eigenvalue weighted by atomic mass is 10.1. The highest BCUT2D eigenvalue weighted by atomic mass is 16.5. The molecule has 104 valence electrons. The summed E-state index contributed by atoms with van der Waals surface area (Å²) in [6.45, 7) is 3.03. The SMILES string of the molecule is COc1ccc(C(C)NCCC2=CCCC2)c(O)c1. The third-order valence-corrected chi connectivity index (χ3v) is 3.74. The summed E-state index contributed by atoms with van der Waals surface area (Å²) in [5.41, 5.74) is 2.49. The average Bonchev–Trinajstić information content (AvgIpc) is 2.91. The lowest BCUT2D eigenvalue weighted by molar-refractivity contribution is 0.404. The lowest BCUT2D eigenvalue weighted by Gasteiger charge is -2.16. The van der Waals surface area contributed by atoms with Gasteiger partial charge in [-0.3, -0.25) is 0 Å². The Labute approximate surface area is 115 Å². The second kappa shape index (κ2) is 6.62. The number of allylic oxidation sites excluding steroid dienone is 1. The van der Waals surface area contributed by atoms with E-state index in [-0.39, 0.29) is 6.04 Å². The summed E-state index contributed by atoms with van der Waals surface area (Å²) in [5, 5.41) is 13.4. The first-order valence-corrected chi connectivity index (χ1v) is 6.99. The van der Waals surface area contributed by atoms with Crippen molar-refractivity contribution in [1.82, 2.24) is 5.32 Å². The molecule has 2 rings (SSSR count). The van der Waals surface area contributed by atoms with E-state index in [9.17, 15) is 5.11 Å². The topological polar surface area (TPSA) is 41.5 Å². The van der Waals surface area contributed by atoms with Crippen LogP contribution in [0.5, 0.6) is 11.5 Å². The van der Waals surface area contributed by atoms with Crippen molar-refractivity contribution in [2.45, 2.75) is 38.6 Å². The number of rotatable bonds is 6. The molecule has 0 saturated heterocycles. The van der Waals surface area contributed by atoms with E-state index in [1.54, 1.807) is 18.7 Å². The molecule has 1 aromatic rings. The van der Waals surface area contributed by atoms with Crippen LogP contribution in [0.15, 0.2) is 29.8 Å². The zero-order chi connectivity index (χ0) is 13.7. The van der Waals surface area contributed by atoms with Crippen LogP contribution in [-0.4, -0.2) is 18.8 Å². The van der Waals surface area contributed by atoms with Crippen LogP contribution in [0.25, 0.3) is 0 Å². The van der Waals surface area contributed by atoms with Gasteiger partial charge in [-0.2, -0.15) is 0 Å². The molecule has 2 N–H and O–H groups in total. The maximum atomic E-state index is 9.97. The lowest BCUT2D eigenvalue weighted by Crippen LogP contribution is -2.20. The van der Waals surface area contributed by atoms with Crippen LogP contribution in [0.1, 0.15) is 44.2 Å². The summed E-state index contributed by atoms with van der Waals surface area (Å²) >= 11 is 0. The predicted molar refractivity (Wildman–Crippen MR) is 77.6 cm³/mol. The molecule has 19 heavy (non-hydrogen) atoms. The van der Waals surface area contributed by atoms with E-state index in [2.05, 4.69) is 18.3 Å². The van der Waals surface area contributed by atoms with Crippen molar-refractivity contribution in [2.24, 2.45) is 0 Å². The summed E-state index contributed by atoms with van der Waals surface area (Å²) in [4.78, 5) is 0. The molecule has 1 aromatic carbocycles. The van der Waals surface area contributed by atoms with Crippen molar-refractivity contribution in [3.8, 4) is 11.5 Å². The van der Waals surface area contributed by atoms with Crippen molar-refractivity contribution in [1.29, 1.82) is 0 Å². The monoisotopic (exact) mass is 261 g/mol. The highest BCUT2D eigenvalue weighted by Gasteiger charge is 2.11. The molecule has 0 amide bonds. The van der Waals surface area contributed by atoms with Gasteiger partial charge in [-0.25, -0.2) is 0 Å². The predicted octanol–water partition coefficient (Wildman–Crippen LogP) is 3.55. The number of hydrogen-bond acceptors (Lipinski definition) is 3.